The molecule has 0 heterocycles. The van der Waals surface area contributed by atoms with Gasteiger partial charge in [-0.3, -0.25) is 0 Å². The number of hydrogen-bond acceptors (Lipinski definition) is 3. The second kappa shape index (κ2) is 5.04. The molecule has 1 amide bonds. The summed E-state index contributed by atoms with van der Waals surface area (Å²) in [5.41, 5.74) is -1.43. The number of ether oxygens (including phenoxy) is 1. The molecule has 0 aliphatic carbocycles. The Morgan fingerprint density at radius 1 is 1.25 bits per heavy atom. The summed E-state index contributed by atoms with van der Waals surface area (Å²) >= 11 is 0. The zero-order valence-electron chi connectivity index (χ0n) is 11.5. The molecule has 0 saturated heterocycles. The second-order valence-electron chi connectivity index (χ2n) is 6.01. The lowest BCUT2D eigenvalue weighted by Crippen LogP contribution is -2.47. The van der Waals surface area contributed by atoms with E-state index in [4.69, 9.17) is 4.74 Å². The first-order valence-corrected chi connectivity index (χ1v) is 5.64. The summed E-state index contributed by atoms with van der Waals surface area (Å²) in [4.78, 5) is 13.4. The summed E-state index contributed by atoms with van der Waals surface area (Å²) in [6, 6.07) is 0.00118. The topological polar surface area (TPSA) is 49.8 Å². The Labute approximate surface area is 98.6 Å². The van der Waals surface area contributed by atoms with E-state index in [1.165, 1.54) is 4.90 Å². The first-order valence-electron chi connectivity index (χ1n) is 5.64. The van der Waals surface area contributed by atoms with Gasteiger partial charge in [-0.1, -0.05) is 0 Å². The van der Waals surface area contributed by atoms with Gasteiger partial charge in [-0.15, -0.1) is 0 Å². The van der Waals surface area contributed by atoms with Gasteiger partial charge in [-0.05, 0) is 48.5 Å². The quantitative estimate of drug-likeness (QED) is 0.811. The van der Waals surface area contributed by atoms with Gasteiger partial charge >= 0.3 is 6.09 Å². The number of carbonyl (C=O) groups excluding carboxylic acids is 1. The Morgan fingerprint density at radius 2 is 1.69 bits per heavy atom. The Morgan fingerprint density at radius 3 is 1.94 bits per heavy atom. The fourth-order valence-corrected chi connectivity index (χ4v) is 1.20. The first kappa shape index (κ1) is 15.2. The number of rotatable bonds is 3. The molecular formula is C12H25NO3. The molecule has 0 atom stereocenters. The van der Waals surface area contributed by atoms with Gasteiger partial charge in [0.15, 0.2) is 0 Å². The van der Waals surface area contributed by atoms with E-state index >= 15 is 0 Å². The van der Waals surface area contributed by atoms with E-state index in [0.29, 0.717) is 0 Å². The maximum atomic E-state index is 11.9. The van der Waals surface area contributed by atoms with Crippen LogP contribution in [0.5, 0.6) is 0 Å². The predicted octanol–water partition coefficient (Wildman–Crippen LogP) is 2.40. The van der Waals surface area contributed by atoms with Crippen molar-refractivity contribution in [3.63, 3.8) is 0 Å². The number of carbonyl (C=O) groups is 1. The molecule has 0 radical (unpaired) electrons. The standard InChI is InChI=1S/C12H25NO3/c1-9(2)13(8-12(6,7)15)10(14)16-11(3,4)5/h9,15H,8H2,1-7H3. The van der Waals surface area contributed by atoms with Crippen molar-refractivity contribution in [2.24, 2.45) is 0 Å². The third kappa shape index (κ3) is 6.67. The van der Waals surface area contributed by atoms with Crippen molar-refractivity contribution in [3.05, 3.63) is 0 Å². The van der Waals surface area contributed by atoms with Crippen molar-refractivity contribution in [1.82, 2.24) is 4.90 Å². The van der Waals surface area contributed by atoms with Crippen LogP contribution in [0.4, 0.5) is 4.79 Å². The summed E-state index contributed by atoms with van der Waals surface area (Å²) in [6.45, 7) is 12.9. The van der Waals surface area contributed by atoms with Crippen LogP contribution in [-0.2, 0) is 4.74 Å². The van der Waals surface area contributed by atoms with Gasteiger partial charge in [0.25, 0.3) is 0 Å². The van der Waals surface area contributed by atoms with Crippen LogP contribution in [0, 0.1) is 0 Å². The minimum Gasteiger partial charge on any atom is -0.444 e. The minimum absolute atomic E-state index is 0.00118. The fraction of sp³-hybridized carbons (Fsp3) is 0.917. The molecule has 16 heavy (non-hydrogen) atoms. The van der Waals surface area contributed by atoms with Gasteiger partial charge in [-0.25, -0.2) is 4.79 Å². The van der Waals surface area contributed by atoms with Gasteiger partial charge in [0.05, 0.1) is 12.1 Å². The van der Waals surface area contributed by atoms with Crippen molar-refractivity contribution >= 4 is 6.09 Å². The molecule has 0 aliphatic heterocycles. The molecule has 96 valence electrons. The van der Waals surface area contributed by atoms with E-state index in [1.54, 1.807) is 13.8 Å². The monoisotopic (exact) mass is 231 g/mol. The maximum Gasteiger partial charge on any atom is 0.410 e. The van der Waals surface area contributed by atoms with Crippen LogP contribution in [-0.4, -0.2) is 39.9 Å². The molecule has 0 fully saturated rings. The van der Waals surface area contributed by atoms with Crippen molar-refractivity contribution in [2.45, 2.75) is 65.7 Å². The summed E-state index contributed by atoms with van der Waals surface area (Å²) in [5, 5.41) is 9.73. The van der Waals surface area contributed by atoms with Crippen molar-refractivity contribution in [1.29, 1.82) is 0 Å². The third-order valence-corrected chi connectivity index (χ3v) is 1.81. The van der Waals surface area contributed by atoms with Crippen LogP contribution in [0.25, 0.3) is 0 Å². The zero-order chi connectivity index (χ0) is 13.1. The van der Waals surface area contributed by atoms with Gasteiger partial charge in [0.1, 0.15) is 5.60 Å². The highest BCUT2D eigenvalue weighted by Gasteiger charge is 2.28. The normalized spacial score (nSPS) is 12.8. The molecule has 4 nitrogen and oxygen atoms in total. The summed E-state index contributed by atoms with van der Waals surface area (Å²) in [5.74, 6) is 0. The molecule has 0 saturated carbocycles. The maximum absolute atomic E-state index is 11.9. The van der Waals surface area contributed by atoms with Crippen LogP contribution in [0.3, 0.4) is 0 Å². The summed E-state index contributed by atoms with van der Waals surface area (Å²) in [6.07, 6.45) is -0.385. The molecule has 1 N–H and O–H groups in total. The summed E-state index contributed by atoms with van der Waals surface area (Å²) in [7, 11) is 0. The fourth-order valence-electron chi connectivity index (χ4n) is 1.20. The van der Waals surface area contributed by atoms with Crippen molar-refractivity contribution < 1.29 is 14.6 Å². The van der Waals surface area contributed by atoms with Crippen LogP contribution >= 0.6 is 0 Å². The lowest BCUT2D eigenvalue weighted by molar-refractivity contribution is -0.0111. The SMILES string of the molecule is CC(C)N(CC(C)(C)O)C(=O)OC(C)(C)C. The number of aliphatic hydroxyl groups is 1. The molecule has 0 unspecified atom stereocenters. The molecule has 0 bridgehead atoms. The van der Waals surface area contributed by atoms with Crippen LogP contribution < -0.4 is 0 Å². The Bertz CT molecular complexity index is 236. The number of amides is 1. The molecule has 0 spiro atoms. The molecule has 0 aromatic carbocycles. The van der Waals surface area contributed by atoms with E-state index in [9.17, 15) is 9.90 Å². The average Bonchev–Trinajstić information content (AvgIpc) is 1.94. The van der Waals surface area contributed by atoms with E-state index in [2.05, 4.69) is 0 Å². The molecule has 0 rings (SSSR count). The first-order chi connectivity index (χ1) is 6.92. The molecule has 0 aliphatic rings. The van der Waals surface area contributed by atoms with Crippen LogP contribution in [0.1, 0.15) is 48.5 Å². The second-order valence-corrected chi connectivity index (χ2v) is 6.01. The Balaban J connectivity index is 4.62. The van der Waals surface area contributed by atoms with E-state index in [0.717, 1.165) is 0 Å². The van der Waals surface area contributed by atoms with Gasteiger partial charge in [0, 0.05) is 6.04 Å². The Hall–Kier alpha value is -0.770. The van der Waals surface area contributed by atoms with Crippen molar-refractivity contribution in [3.8, 4) is 0 Å². The molecule has 4 heteroatoms. The van der Waals surface area contributed by atoms with Gasteiger partial charge < -0.3 is 14.7 Å². The zero-order valence-corrected chi connectivity index (χ0v) is 11.5. The summed E-state index contributed by atoms with van der Waals surface area (Å²) < 4.78 is 5.28. The van der Waals surface area contributed by atoms with E-state index in [1.807, 2.05) is 34.6 Å². The van der Waals surface area contributed by atoms with Crippen LogP contribution in [0.2, 0.25) is 0 Å². The van der Waals surface area contributed by atoms with Crippen LogP contribution in [0.15, 0.2) is 0 Å². The third-order valence-electron chi connectivity index (χ3n) is 1.81. The average molecular weight is 231 g/mol. The van der Waals surface area contributed by atoms with E-state index < -0.39 is 11.2 Å². The smallest absolute Gasteiger partial charge is 0.410 e. The lowest BCUT2D eigenvalue weighted by Gasteiger charge is -2.33. The number of hydrogen-bond donors (Lipinski definition) is 1. The lowest BCUT2D eigenvalue weighted by atomic mass is 10.1. The highest BCUT2D eigenvalue weighted by molar-refractivity contribution is 5.68. The minimum atomic E-state index is -0.916. The molecular weight excluding hydrogens is 206 g/mol. The highest BCUT2D eigenvalue weighted by atomic mass is 16.6. The van der Waals surface area contributed by atoms with Gasteiger partial charge in [-0.2, -0.15) is 0 Å². The largest absolute Gasteiger partial charge is 0.444 e. The predicted molar refractivity (Wildman–Crippen MR) is 64.4 cm³/mol. The molecule has 0 aromatic rings. The van der Waals surface area contributed by atoms with E-state index in [-0.39, 0.29) is 18.7 Å². The van der Waals surface area contributed by atoms with Crippen molar-refractivity contribution in [2.75, 3.05) is 6.54 Å². The number of nitrogens with zero attached hydrogens (tertiary/aromatic N) is 1. The highest BCUT2D eigenvalue weighted by Crippen LogP contribution is 2.14. The van der Waals surface area contributed by atoms with Gasteiger partial charge in [0.2, 0.25) is 0 Å². The molecule has 0 aromatic heterocycles. The Kier molecular flexibility index (Phi) is 4.80.